The van der Waals surface area contributed by atoms with E-state index in [0.29, 0.717) is 163 Å². The molecule has 5 atom stereocenters. The third kappa shape index (κ3) is 21.3. The molecule has 5 unspecified atom stereocenters. The highest BCUT2D eigenvalue weighted by molar-refractivity contribution is 6.28. The van der Waals surface area contributed by atoms with Gasteiger partial charge in [-0.15, -0.1) is 0 Å². The van der Waals surface area contributed by atoms with E-state index >= 15 is 0 Å². The molecule has 31 nitrogen and oxygen atoms in total. The number of piperidine rings is 5. The van der Waals surface area contributed by atoms with Crippen LogP contribution in [0.1, 0.15) is 251 Å². The molecule has 5 saturated heterocycles. The van der Waals surface area contributed by atoms with Crippen molar-refractivity contribution in [2.24, 2.45) is 0 Å². The number of nitrogens with one attached hydrogen (secondary N) is 5. The molecule has 0 bridgehead atoms. The van der Waals surface area contributed by atoms with Crippen LogP contribution >= 0.6 is 0 Å². The minimum atomic E-state index is -0.855. The monoisotopic (exact) mass is 2000 g/mol. The van der Waals surface area contributed by atoms with E-state index in [1.54, 1.807) is 122 Å². The molecule has 10 heterocycles. The number of allylic oxidation sites excluding steroid dienone is 5. The van der Waals surface area contributed by atoms with Crippen LogP contribution in [0, 0.1) is 0 Å². The standard InChI is InChI=1S/C26H22N2O4.2C24H24N2O4.C23H22N2O4.C21H18N2O5/c1-16-9-12-21(24(29)27-16)28-25(30)20-7-4-8-22(23(20)26(28)31)32-14-13-17-10-11-18-5-2-3-6-19(18)15-17;1-14-11-12-18(21(27)25-14)26-22(28)17-9-6-10-19(20(17)23(26)29)30-16-8-5-7-15(13-16)24(2,3)4;1-14-8-13-18(21(27)25-14)26-22(28)17-6-5-7-19(20(17)23(26)29)30-16-11-9-15(10-12-16)24(2,3)4;1-13(2)15-8-10-16(11-9-15)29-19-6-4-5-17-20(19)23(28)25(22(17)27)18-12-7-14(3)24-21(18)26;1-12-6-11-16(19(24)22-12)23-20(25)15-4-3-5-17(18(15)21(23)26)28-14-9-7-13(27-2)8-10-14/h2-8,10-11,15,21H,1,9,12-14H2,(H,27,29);5-10,13,18H,1,11-12H2,2-4H3,(H,25,27);5-7,9-12,18H,1,8,13H2,2-4H3,(H,25,27);4-6,8-11,13,18H,3,7,12H2,1-2H3,(H,24,26);3-5,7-10,16H,1,6,11H2,2H3,(H,22,24). The van der Waals surface area contributed by atoms with Gasteiger partial charge in [0.2, 0.25) is 29.5 Å². The van der Waals surface area contributed by atoms with Crippen LogP contribution in [0.3, 0.4) is 0 Å². The van der Waals surface area contributed by atoms with Gasteiger partial charge in [0.05, 0.1) is 69.4 Å². The number of amides is 15. The van der Waals surface area contributed by atoms with E-state index in [9.17, 15) is 71.9 Å². The molecule has 0 saturated carbocycles. The number of nitrogens with zero attached hydrogens (tertiary/aromatic N) is 5. The van der Waals surface area contributed by atoms with Crippen LogP contribution in [0.5, 0.6) is 57.5 Å². The molecular weight excluding hydrogens is 1890 g/mol. The van der Waals surface area contributed by atoms with Crippen LogP contribution in [0.4, 0.5) is 0 Å². The lowest BCUT2D eigenvalue weighted by atomic mass is 9.87. The molecule has 758 valence electrons. The van der Waals surface area contributed by atoms with Gasteiger partial charge in [-0.3, -0.25) is 96.4 Å². The predicted molar refractivity (Wildman–Crippen MR) is 553 cm³/mol. The molecule has 0 aliphatic carbocycles. The minimum Gasteiger partial charge on any atom is -0.497 e. The molecule has 21 rings (SSSR count). The zero-order chi connectivity index (χ0) is 106. The van der Waals surface area contributed by atoms with E-state index < -0.39 is 95.2 Å². The SMILES string of the molecule is C=C1CCC(N2C(=O)c3cccc(OCCc4ccc5ccccc5c4)c3C2=O)C(=O)N1.C=C1CCC(N2C(=O)c3cccc(Oc4ccc(C(C)(C)C)cc4)c3C2=O)C(=O)N1.C=C1CCC(N2C(=O)c3cccc(Oc4ccc(C(C)C)cc4)c3C2=O)C(=O)N1.C=C1CCC(N2C(=O)c3cccc(Oc4ccc(OC)cc4)c3C2=O)C(=O)N1.C=C1CCC(N2C(=O)c3cccc(Oc4cccc(C(C)(C)C)c4)c3C2=O)C(=O)N1. The molecule has 10 aliphatic heterocycles. The maximum atomic E-state index is 13.2. The second-order valence-corrected chi connectivity index (χ2v) is 39.7. The average Bonchev–Trinajstić information content (AvgIpc) is 1.57. The topological polar surface area (TPSA) is 388 Å². The minimum absolute atomic E-state index is 0.0152. The van der Waals surface area contributed by atoms with Gasteiger partial charge in [-0.2, -0.15) is 0 Å². The summed E-state index contributed by atoms with van der Waals surface area (Å²) in [4.78, 5) is 197. The highest BCUT2D eigenvalue weighted by atomic mass is 16.5. The first-order valence-electron chi connectivity index (χ1n) is 49.0. The average molecular weight is 2000 g/mol. The van der Waals surface area contributed by atoms with Crippen molar-refractivity contribution in [2.45, 2.75) is 173 Å². The summed E-state index contributed by atoms with van der Waals surface area (Å²) in [5, 5.41) is 15.5. The largest absolute Gasteiger partial charge is 0.497 e. The Kier molecular flexibility index (Phi) is 29.3. The van der Waals surface area contributed by atoms with Gasteiger partial charge in [0.25, 0.3) is 59.1 Å². The molecule has 11 aromatic carbocycles. The summed E-state index contributed by atoms with van der Waals surface area (Å²) < 4.78 is 34.9. The fourth-order valence-corrected chi connectivity index (χ4v) is 19.1. The van der Waals surface area contributed by atoms with Crippen molar-refractivity contribution in [3.8, 4) is 57.5 Å². The van der Waals surface area contributed by atoms with Crippen LogP contribution < -0.4 is 55.0 Å². The highest BCUT2D eigenvalue weighted by Gasteiger charge is 2.52. The zero-order valence-electron chi connectivity index (χ0n) is 83.7. The molecule has 149 heavy (non-hydrogen) atoms. The summed E-state index contributed by atoms with van der Waals surface area (Å²) in [5.74, 6) is -2.01. The molecule has 0 spiro atoms. The second kappa shape index (κ2) is 42.5. The normalized spacial score (nSPS) is 18.8. The Balaban J connectivity index is 0.000000127. The molecule has 31 heteroatoms. The lowest BCUT2D eigenvalue weighted by Crippen LogP contribution is -2.51. The number of hydrogen-bond donors (Lipinski definition) is 5. The number of ether oxygens (including phenoxy) is 6. The number of benzene rings is 11. The Labute approximate surface area is 860 Å². The van der Waals surface area contributed by atoms with Crippen LogP contribution in [0.2, 0.25) is 0 Å². The van der Waals surface area contributed by atoms with Crippen LogP contribution in [0.25, 0.3) is 10.8 Å². The first-order valence-corrected chi connectivity index (χ1v) is 49.0. The highest BCUT2D eigenvalue weighted by Crippen LogP contribution is 2.45. The smallest absolute Gasteiger partial charge is 0.266 e. The van der Waals surface area contributed by atoms with Crippen molar-refractivity contribution < 1.29 is 100 Å². The summed E-state index contributed by atoms with van der Waals surface area (Å²) in [7, 11) is 1.57. The molecule has 10 aliphatic rings. The van der Waals surface area contributed by atoms with Gasteiger partial charge in [-0.25, -0.2) is 0 Å². The van der Waals surface area contributed by atoms with E-state index in [2.05, 4.69) is 145 Å². The van der Waals surface area contributed by atoms with Crippen molar-refractivity contribution in [3.63, 3.8) is 0 Å². The lowest BCUT2D eigenvalue weighted by Gasteiger charge is -2.29. The van der Waals surface area contributed by atoms with E-state index in [-0.39, 0.29) is 95.8 Å². The van der Waals surface area contributed by atoms with Crippen molar-refractivity contribution in [2.75, 3.05) is 13.7 Å². The fraction of sp³-hybridized carbons (Fsp3) is 0.246. The van der Waals surface area contributed by atoms with Crippen molar-refractivity contribution in [1.29, 1.82) is 0 Å². The number of imide groups is 5. The lowest BCUT2D eigenvalue weighted by molar-refractivity contribution is -0.126. The number of carbonyl (C=O) groups is 15. The molecule has 15 amide bonds. The van der Waals surface area contributed by atoms with Crippen molar-refractivity contribution in [3.05, 3.63) is 370 Å². The van der Waals surface area contributed by atoms with Crippen molar-refractivity contribution >= 4 is 99.4 Å². The Hall–Kier alpha value is -17.8. The van der Waals surface area contributed by atoms with Crippen LogP contribution in [-0.4, -0.2) is 157 Å². The molecule has 5 N–H and O–H groups in total. The number of carbonyl (C=O) groups excluding carboxylic acids is 15. The zero-order valence-corrected chi connectivity index (χ0v) is 83.7. The van der Waals surface area contributed by atoms with E-state index in [4.69, 9.17) is 28.4 Å². The van der Waals surface area contributed by atoms with Gasteiger partial charge < -0.3 is 55.0 Å². The number of rotatable bonds is 19. The molecule has 0 aromatic heterocycles. The maximum absolute atomic E-state index is 13.2. The van der Waals surface area contributed by atoms with Gasteiger partial charge in [0, 0.05) is 34.9 Å². The van der Waals surface area contributed by atoms with Crippen LogP contribution in [0.15, 0.2) is 292 Å². The number of methoxy groups -OCH3 is 1. The van der Waals surface area contributed by atoms with Gasteiger partial charge in [-0.1, -0.05) is 197 Å². The molecular formula is C118H110N10O21. The van der Waals surface area contributed by atoms with E-state index in [1.165, 1.54) is 10.9 Å². The van der Waals surface area contributed by atoms with Crippen molar-refractivity contribution in [1.82, 2.24) is 51.1 Å². The molecule has 5 fully saturated rings. The molecule has 0 radical (unpaired) electrons. The first kappa shape index (κ1) is 103. The van der Waals surface area contributed by atoms with Gasteiger partial charge in [0.15, 0.2) is 0 Å². The Morgan fingerprint density at radius 3 is 0.899 bits per heavy atom. The quantitative estimate of drug-likeness (QED) is 0.0469. The van der Waals surface area contributed by atoms with E-state index in [1.807, 2.05) is 84.9 Å². The summed E-state index contributed by atoms with van der Waals surface area (Å²) in [6.07, 6.45) is 5.07. The summed E-state index contributed by atoms with van der Waals surface area (Å²) >= 11 is 0. The van der Waals surface area contributed by atoms with Gasteiger partial charge in [-0.05, 0) is 235 Å². The third-order valence-corrected chi connectivity index (χ3v) is 27.1. The van der Waals surface area contributed by atoms with Gasteiger partial charge >= 0.3 is 0 Å². The predicted octanol–water partition coefficient (Wildman–Crippen LogP) is 19.0. The number of hydrogen-bond acceptors (Lipinski definition) is 21. The fourth-order valence-electron chi connectivity index (χ4n) is 19.1. The maximum Gasteiger partial charge on any atom is 0.266 e. The summed E-state index contributed by atoms with van der Waals surface area (Å²) in [6.45, 7) is 36.0. The second-order valence-electron chi connectivity index (χ2n) is 39.7. The summed E-state index contributed by atoms with van der Waals surface area (Å²) in [5.41, 5.74) is 9.72. The van der Waals surface area contributed by atoms with Gasteiger partial charge in [0.1, 0.15) is 87.7 Å². The number of fused-ring (bicyclic) bond motifs is 6. The van der Waals surface area contributed by atoms with E-state index in [0.717, 1.165) is 46.6 Å². The third-order valence-electron chi connectivity index (χ3n) is 27.1. The Morgan fingerprint density at radius 1 is 0.295 bits per heavy atom. The van der Waals surface area contributed by atoms with Crippen LogP contribution in [-0.2, 0) is 41.2 Å². The summed E-state index contributed by atoms with van der Waals surface area (Å²) in [6, 6.07) is 64.6. The Morgan fingerprint density at radius 2 is 0.584 bits per heavy atom. The molecule has 11 aromatic rings. The Bertz CT molecular complexity index is 7470. The first-order chi connectivity index (χ1) is 71.2.